The fourth-order valence-corrected chi connectivity index (χ4v) is 4.54. The van der Waals surface area contributed by atoms with Crippen LogP contribution >= 0.6 is 11.3 Å². The Balaban J connectivity index is 1.65. The largest absolute Gasteiger partial charge is 0.497 e. The molecule has 1 amide bonds. The van der Waals surface area contributed by atoms with Crippen LogP contribution in [0, 0.1) is 0 Å². The molecule has 0 saturated carbocycles. The number of rotatable bonds is 9. The van der Waals surface area contributed by atoms with Gasteiger partial charge >= 0.3 is 0 Å². The predicted molar refractivity (Wildman–Crippen MR) is 124 cm³/mol. The highest BCUT2D eigenvalue weighted by molar-refractivity contribution is 7.93. The molecule has 0 unspecified atom stereocenters. The van der Waals surface area contributed by atoms with Gasteiger partial charge in [-0.15, -0.1) is 10.2 Å². The van der Waals surface area contributed by atoms with E-state index >= 15 is 0 Å². The lowest BCUT2D eigenvalue weighted by Gasteiger charge is -2.08. The van der Waals surface area contributed by atoms with Crippen LogP contribution in [0.2, 0.25) is 0 Å². The highest BCUT2D eigenvalue weighted by atomic mass is 32.2. The highest BCUT2D eigenvalue weighted by Gasteiger charge is 2.16. The molecule has 2 aromatic carbocycles. The van der Waals surface area contributed by atoms with Crippen molar-refractivity contribution in [3.8, 4) is 11.5 Å². The van der Waals surface area contributed by atoms with E-state index in [2.05, 4.69) is 20.2 Å². The van der Waals surface area contributed by atoms with E-state index < -0.39 is 10.0 Å². The third-order valence-corrected chi connectivity index (χ3v) is 6.75. The van der Waals surface area contributed by atoms with E-state index in [0.29, 0.717) is 29.2 Å². The first-order valence-electron chi connectivity index (χ1n) is 9.51. The van der Waals surface area contributed by atoms with E-state index in [4.69, 9.17) is 9.47 Å². The molecular formula is C21H22N4O5S2. The van der Waals surface area contributed by atoms with Gasteiger partial charge in [0.15, 0.2) is 0 Å². The van der Waals surface area contributed by atoms with Crippen LogP contribution in [0.3, 0.4) is 0 Å². The van der Waals surface area contributed by atoms with E-state index in [1.807, 2.05) is 6.92 Å². The Morgan fingerprint density at radius 1 is 1.09 bits per heavy atom. The smallest absolute Gasteiger partial charge is 0.263 e. The number of anilines is 2. The molecule has 0 aliphatic rings. The minimum atomic E-state index is -3.81. The summed E-state index contributed by atoms with van der Waals surface area (Å²) in [6.45, 7) is 1.91. The number of sulfonamides is 1. The van der Waals surface area contributed by atoms with Crippen molar-refractivity contribution < 1.29 is 22.7 Å². The number of methoxy groups -OCH3 is 2. The average Bonchev–Trinajstić information content (AvgIpc) is 3.24. The zero-order valence-corrected chi connectivity index (χ0v) is 19.3. The number of amides is 1. The van der Waals surface area contributed by atoms with Crippen LogP contribution < -0.4 is 19.5 Å². The van der Waals surface area contributed by atoms with E-state index in [-0.39, 0.29) is 15.9 Å². The molecule has 3 rings (SSSR count). The number of ether oxygens (including phenoxy) is 2. The molecule has 1 heterocycles. The minimum absolute atomic E-state index is 0.0438. The summed E-state index contributed by atoms with van der Waals surface area (Å²) in [5.41, 5.74) is 1.16. The van der Waals surface area contributed by atoms with Gasteiger partial charge in [-0.2, -0.15) is 0 Å². The molecule has 11 heteroatoms. The molecule has 0 saturated heterocycles. The SMILES string of the molecule is CCc1nnc(NS(=O)(=O)c2ccc(NC(=O)C=Cc3ccc(OC)cc3OC)cc2)s1. The molecule has 0 fully saturated rings. The Morgan fingerprint density at radius 3 is 2.47 bits per heavy atom. The molecule has 168 valence electrons. The fourth-order valence-electron chi connectivity index (χ4n) is 2.63. The quantitative estimate of drug-likeness (QED) is 0.455. The molecular weight excluding hydrogens is 452 g/mol. The number of nitrogens with one attached hydrogen (secondary N) is 2. The summed E-state index contributed by atoms with van der Waals surface area (Å²) in [6, 6.07) is 11.1. The molecule has 0 bridgehead atoms. The van der Waals surface area contributed by atoms with Crippen molar-refractivity contribution in [3.63, 3.8) is 0 Å². The number of hydrogen-bond donors (Lipinski definition) is 2. The first kappa shape index (κ1) is 23.2. The van der Waals surface area contributed by atoms with Gasteiger partial charge in [-0.25, -0.2) is 8.42 Å². The first-order valence-corrected chi connectivity index (χ1v) is 11.8. The van der Waals surface area contributed by atoms with Crippen LogP contribution in [0.5, 0.6) is 11.5 Å². The zero-order chi connectivity index (χ0) is 23.1. The molecule has 0 aliphatic heterocycles. The second-order valence-electron chi connectivity index (χ2n) is 6.41. The van der Waals surface area contributed by atoms with Gasteiger partial charge in [0.2, 0.25) is 11.0 Å². The Hall–Kier alpha value is -3.44. The topological polar surface area (TPSA) is 120 Å². The lowest BCUT2D eigenvalue weighted by Crippen LogP contribution is -2.13. The number of hydrogen-bond acceptors (Lipinski definition) is 8. The third kappa shape index (κ3) is 5.83. The first-order chi connectivity index (χ1) is 15.3. The van der Waals surface area contributed by atoms with Crippen LogP contribution in [0.4, 0.5) is 10.8 Å². The Morgan fingerprint density at radius 2 is 1.84 bits per heavy atom. The van der Waals surface area contributed by atoms with Crippen molar-refractivity contribution in [1.82, 2.24) is 10.2 Å². The van der Waals surface area contributed by atoms with Gasteiger partial charge in [-0.1, -0.05) is 18.3 Å². The zero-order valence-electron chi connectivity index (χ0n) is 17.7. The summed E-state index contributed by atoms with van der Waals surface area (Å²) in [7, 11) is -0.716. The summed E-state index contributed by atoms with van der Waals surface area (Å²) in [5.74, 6) is 0.833. The van der Waals surface area contributed by atoms with Crippen LogP contribution in [0.15, 0.2) is 53.4 Å². The van der Waals surface area contributed by atoms with Gasteiger partial charge in [0, 0.05) is 23.4 Å². The molecule has 1 aromatic heterocycles. The van der Waals surface area contributed by atoms with Gasteiger partial charge in [0.1, 0.15) is 16.5 Å². The molecule has 9 nitrogen and oxygen atoms in total. The fraction of sp³-hybridized carbons (Fsp3) is 0.190. The predicted octanol–water partition coefficient (Wildman–Crippen LogP) is 3.57. The van der Waals surface area contributed by atoms with Gasteiger partial charge in [0.25, 0.3) is 10.0 Å². The molecule has 2 N–H and O–H groups in total. The van der Waals surface area contributed by atoms with E-state index in [1.54, 1.807) is 31.4 Å². The standard InChI is InChI=1S/C21H22N4O5S2/c1-4-20-23-24-21(31-20)25-32(27,28)17-10-7-15(8-11-17)22-19(26)12-6-14-5-9-16(29-2)13-18(14)30-3/h5-13H,4H2,1-3H3,(H,22,26)(H,24,25). The van der Waals surface area contributed by atoms with Crippen molar-refractivity contribution in [2.45, 2.75) is 18.2 Å². The number of nitrogens with zero attached hydrogens (tertiary/aromatic N) is 2. The van der Waals surface area contributed by atoms with E-state index in [9.17, 15) is 13.2 Å². The Labute approximate surface area is 190 Å². The summed E-state index contributed by atoms with van der Waals surface area (Å²) in [5, 5.41) is 11.3. The van der Waals surface area contributed by atoms with E-state index in [0.717, 1.165) is 5.01 Å². The maximum absolute atomic E-state index is 12.5. The number of aromatic nitrogens is 2. The second-order valence-corrected chi connectivity index (χ2v) is 9.16. The molecule has 3 aromatic rings. The van der Waals surface area contributed by atoms with Crippen molar-refractivity contribution >= 4 is 44.2 Å². The van der Waals surface area contributed by atoms with Gasteiger partial charge in [-0.05, 0) is 48.9 Å². The van der Waals surface area contributed by atoms with Gasteiger partial charge in [0.05, 0.1) is 19.1 Å². The second kappa shape index (κ2) is 10.2. The molecule has 0 aliphatic carbocycles. The minimum Gasteiger partial charge on any atom is -0.497 e. The maximum atomic E-state index is 12.5. The summed E-state index contributed by atoms with van der Waals surface area (Å²) in [6.07, 6.45) is 3.65. The molecule has 0 atom stereocenters. The lowest BCUT2D eigenvalue weighted by molar-refractivity contribution is -0.111. The van der Waals surface area contributed by atoms with Crippen molar-refractivity contribution in [2.24, 2.45) is 0 Å². The van der Waals surface area contributed by atoms with Gasteiger partial charge < -0.3 is 14.8 Å². The van der Waals surface area contributed by atoms with Crippen LogP contribution in [-0.2, 0) is 21.2 Å². The average molecular weight is 475 g/mol. The lowest BCUT2D eigenvalue weighted by atomic mass is 10.1. The summed E-state index contributed by atoms with van der Waals surface area (Å²) >= 11 is 1.18. The molecule has 32 heavy (non-hydrogen) atoms. The van der Waals surface area contributed by atoms with Crippen molar-refractivity contribution in [2.75, 3.05) is 24.3 Å². The number of benzene rings is 2. The number of aryl methyl sites for hydroxylation is 1. The summed E-state index contributed by atoms with van der Waals surface area (Å²) < 4.78 is 37.9. The van der Waals surface area contributed by atoms with Gasteiger partial charge in [-0.3, -0.25) is 9.52 Å². The molecule has 0 spiro atoms. The molecule has 0 radical (unpaired) electrons. The maximum Gasteiger partial charge on any atom is 0.263 e. The number of carbonyl (C=O) groups excluding carboxylic acids is 1. The Bertz CT molecular complexity index is 1220. The number of carbonyl (C=O) groups is 1. The van der Waals surface area contributed by atoms with Crippen molar-refractivity contribution in [3.05, 3.63) is 59.1 Å². The normalized spacial score (nSPS) is 11.3. The van der Waals surface area contributed by atoms with Crippen molar-refractivity contribution in [1.29, 1.82) is 0 Å². The van der Waals surface area contributed by atoms with Crippen LogP contribution in [0.1, 0.15) is 17.5 Å². The van der Waals surface area contributed by atoms with Crippen LogP contribution in [-0.4, -0.2) is 38.7 Å². The van der Waals surface area contributed by atoms with E-state index in [1.165, 1.54) is 48.8 Å². The third-order valence-electron chi connectivity index (χ3n) is 4.28. The highest BCUT2D eigenvalue weighted by Crippen LogP contribution is 2.26. The monoisotopic (exact) mass is 474 g/mol. The van der Waals surface area contributed by atoms with Crippen LogP contribution in [0.25, 0.3) is 6.08 Å². The Kier molecular flexibility index (Phi) is 7.44. The summed E-state index contributed by atoms with van der Waals surface area (Å²) in [4.78, 5) is 12.3.